The lowest BCUT2D eigenvalue weighted by atomic mass is 9.82. The van der Waals surface area contributed by atoms with Crippen molar-refractivity contribution in [3.05, 3.63) is 17.7 Å². The Morgan fingerprint density at radius 2 is 2.12 bits per heavy atom. The minimum absolute atomic E-state index is 0.213. The summed E-state index contributed by atoms with van der Waals surface area (Å²) in [6.45, 7) is 1.11. The normalized spacial score (nSPS) is 41.2. The molecule has 2 unspecified atom stereocenters. The molecule has 0 amide bonds. The third-order valence-electron chi connectivity index (χ3n) is 4.36. The van der Waals surface area contributed by atoms with Crippen LogP contribution in [0.4, 0.5) is 0 Å². The minimum Gasteiger partial charge on any atom is -0.348 e. The maximum atomic E-state index is 4.60. The number of fused-ring (bicyclic) bond motifs is 4. The van der Waals surface area contributed by atoms with Gasteiger partial charge >= 0.3 is 0 Å². The first-order chi connectivity index (χ1) is 7.86. The van der Waals surface area contributed by atoms with Gasteiger partial charge in [0.2, 0.25) is 0 Å². The van der Waals surface area contributed by atoms with E-state index in [1.54, 1.807) is 0 Å². The number of nitrogens with zero attached hydrogens (tertiary/aromatic N) is 1. The molecule has 2 fully saturated rings. The first-order valence-electron chi connectivity index (χ1n) is 6.29. The van der Waals surface area contributed by atoms with E-state index in [1.165, 1.54) is 37.1 Å². The molecule has 3 nitrogen and oxygen atoms in total. The highest BCUT2D eigenvalue weighted by Crippen LogP contribution is 2.51. The van der Waals surface area contributed by atoms with Crippen molar-refractivity contribution < 1.29 is 0 Å². The van der Waals surface area contributed by atoms with E-state index < -0.39 is 0 Å². The molecule has 2 bridgehead atoms. The van der Waals surface area contributed by atoms with Crippen LogP contribution in [0.2, 0.25) is 0 Å². The van der Waals surface area contributed by atoms with Crippen molar-refractivity contribution in [1.82, 2.24) is 15.3 Å². The number of imidazole rings is 1. The molecule has 2 N–H and O–H groups in total. The maximum Gasteiger partial charge on any atom is 0.0926 e. The molecule has 0 aromatic carbocycles. The minimum atomic E-state index is 0.213. The topological polar surface area (TPSA) is 40.7 Å². The predicted octanol–water partition coefficient (Wildman–Crippen LogP) is 1.81. The second-order valence-corrected chi connectivity index (χ2v) is 6.96. The number of hydrogen-bond acceptors (Lipinski definition) is 3. The zero-order valence-electron chi connectivity index (χ0n) is 9.33. The van der Waals surface area contributed by atoms with E-state index >= 15 is 0 Å². The van der Waals surface area contributed by atoms with Crippen LogP contribution in [0.5, 0.6) is 0 Å². The molecule has 1 aromatic rings. The molecule has 2 saturated heterocycles. The molecule has 3 aliphatic rings. The molecule has 4 heteroatoms. The fraction of sp³-hybridized carbons (Fsp3) is 0.750. The van der Waals surface area contributed by atoms with Crippen molar-refractivity contribution in [2.24, 2.45) is 0 Å². The highest BCUT2D eigenvalue weighted by atomic mass is 32.2. The van der Waals surface area contributed by atoms with Gasteiger partial charge in [0, 0.05) is 29.2 Å². The molecular weight excluding hydrogens is 218 g/mol. The Labute approximate surface area is 99.8 Å². The van der Waals surface area contributed by atoms with E-state index in [2.05, 4.69) is 27.0 Å². The van der Waals surface area contributed by atoms with Gasteiger partial charge in [-0.3, -0.25) is 0 Å². The van der Waals surface area contributed by atoms with Gasteiger partial charge in [-0.05, 0) is 25.7 Å². The number of hydrogen-bond donors (Lipinski definition) is 2. The summed E-state index contributed by atoms with van der Waals surface area (Å²) >= 11 is 2.22. The average Bonchev–Trinajstić information content (AvgIpc) is 2.87. The van der Waals surface area contributed by atoms with Gasteiger partial charge in [0.1, 0.15) is 0 Å². The van der Waals surface area contributed by atoms with Crippen LogP contribution in [0, 0.1) is 0 Å². The second-order valence-electron chi connectivity index (χ2n) is 5.35. The number of aromatic nitrogens is 2. The van der Waals surface area contributed by atoms with Crippen LogP contribution in [0.3, 0.4) is 0 Å². The molecule has 1 aromatic heterocycles. The molecule has 0 radical (unpaired) electrons. The van der Waals surface area contributed by atoms with Gasteiger partial charge in [-0.2, -0.15) is 11.8 Å². The summed E-state index contributed by atoms with van der Waals surface area (Å²) in [6, 6.07) is 0. The molecule has 0 aliphatic carbocycles. The van der Waals surface area contributed by atoms with Gasteiger partial charge in [0.05, 0.1) is 17.6 Å². The number of aromatic amines is 1. The predicted molar refractivity (Wildman–Crippen MR) is 65.6 cm³/mol. The lowest BCUT2D eigenvalue weighted by molar-refractivity contribution is 0.265. The van der Waals surface area contributed by atoms with E-state index in [1.807, 2.05) is 6.33 Å². The molecular formula is C12H17N3S. The van der Waals surface area contributed by atoms with Crippen molar-refractivity contribution >= 4 is 11.8 Å². The first kappa shape index (κ1) is 9.54. The van der Waals surface area contributed by atoms with Crippen molar-refractivity contribution in [3.63, 3.8) is 0 Å². The third-order valence-corrected chi connectivity index (χ3v) is 5.93. The highest BCUT2D eigenvalue weighted by molar-refractivity contribution is 8.00. The van der Waals surface area contributed by atoms with Gasteiger partial charge in [0.25, 0.3) is 0 Å². The van der Waals surface area contributed by atoms with Crippen molar-refractivity contribution in [1.29, 1.82) is 0 Å². The van der Waals surface area contributed by atoms with Crippen LogP contribution in [0.1, 0.15) is 37.1 Å². The fourth-order valence-electron chi connectivity index (χ4n) is 3.71. The van der Waals surface area contributed by atoms with E-state index in [-0.39, 0.29) is 5.54 Å². The highest BCUT2D eigenvalue weighted by Gasteiger charge is 2.48. The Kier molecular flexibility index (Phi) is 1.95. The molecule has 0 saturated carbocycles. The first-order valence-corrected chi connectivity index (χ1v) is 7.23. The quantitative estimate of drug-likeness (QED) is 0.720. The van der Waals surface area contributed by atoms with Crippen LogP contribution in [0.25, 0.3) is 0 Å². The molecule has 1 spiro atoms. The Bertz CT molecular complexity index is 402. The van der Waals surface area contributed by atoms with Gasteiger partial charge < -0.3 is 10.3 Å². The lowest BCUT2D eigenvalue weighted by Crippen LogP contribution is -2.51. The monoisotopic (exact) mass is 235 g/mol. The maximum absolute atomic E-state index is 4.60. The van der Waals surface area contributed by atoms with Crippen LogP contribution < -0.4 is 5.32 Å². The summed E-state index contributed by atoms with van der Waals surface area (Å²) < 4.78 is 0. The van der Waals surface area contributed by atoms with Crippen LogP contribution in [-0.2, 0) is 12.0 Å². The molecule has 4 heterocycles. The zero-order valence-corrected chi connectivity index (χ0v) is 10.1. The van der Waals surface area contributed by atoms with Crippen molar-refractivity contribution in [3.8, 4) is 0 Å². The SMILES string of the molecule is c1nc2c([nH]1)CCNC21CC2CCC(C1)S2. The summed E-state index contributed by atoms with van der Waals surface area (Å²) in [5, 5.41) is 5.52. The standard InChI is InChI=1S/C12H17N3S/c1-2-9-6-12(5-8(1)16-9)11-10(3-4-15-12)13-7-14-11/h7-9,15H,1-6H2,(H,13,14). The Morgan fingerprint density at radius 3 is 2.94 bits per heavy atom. The van der Waals surface area contributed by atoms with Gasteiger partial charge in [-0.25, -0.2) is 4.98 Å². The summed E-state index contributed by atoms with van der Waals surface area (Å²) in [4.78, 5) is 7.92. The van der Waals surface area contributed by atoms with Crippen LogP contribution >= 0.6 is 11.8 Å². The summed E-state index contributed by atoms with van der Waals surface area (Å²) in [6.07, 6.45) is 8.39. The summed E-state index contributed by atoms with van der Waals surface area (Å²) in [7, 11) is 0. The number of nitrogens with one attached hydrogen (secondary N) is 2. The van der Waals surface area contributed by atoms with Gasteiger partial charge in [-0.15, -0.1) is 0 Å². The number of H-pyrrole nitrogens is 1. The van der Waals surface area contributed by atoms with Crippen LogP contribution in [-0.4, -0.2) is 27.0 Å². The average molecular weight is 235 g/mol. The third kappa shape index (κ3) is 1.23. The van der Waals surface area contributed by atoms with Gasteiger partial charge in [0.15, 0.2) is 0 Å². The van der Waals surface area contributed by atoms with Gasteiger partial charge in [-0.1, -0.05) is 0 Å². The van der Waals surface area contributed by atoms with Crippen LogP contribution in [0.15, 0.2) is 6.33 Å². The molecule has 4 rings (SSSR count). The second kappa shape index (κ2) is 3.26. The van der Waals surface area contributed by atoms with Crippen molar-refractivity contribution in [2.45, 2.75) is 48.1 Å². The number of rotatable bonds is 0. The molecule has 3 aliphatic heterocycles. The summed E-state index contributed by atoms with van der Waals surface area (Å²) in [5.41, 5.74) is 2.92. The lowest BCUT2D eigenvalue weighted by Gasteiger charge is -2.43. The van der Waals surface area contributed by atoms with E-state index in [9.17, 15) is 0 Å². The van der Waals surface area contributed by atoms with E-state index in [0.717, 1.165) is 23.5 Å². The van der Waals surface area contributed by atoms with Crippen molar-refractivity contribution in [2.75, 3.05) is 6.54 Å². The zero-order chi connectivity index (χ0) is 10.6. The molecule has 16 heavy (non-hydrogen) atoms. The summed E-state index contributed by atoms with van der Waals surface area (Å²) in [5.74, 6) is 0. The largest absolute Gasteiger partial charge is 0.348 e. The Hall–Kier alpha value is -0.480. The Morgan fingerprint density at radius 1 is 1.31 bits per heavy atom. The Balaban J connectivity index is 1.78. The number of thioether (sulfide) groups is 1. The van der Waals surface area contributed by atoms with E-state index in [0.29, 0.717) is 0 Å². The fourth-order valence-corrected chi connectivity index (χ4v) is 5.56. The smallest absolute Gasteiger partial charge is 0.0926 e. The molecule has 2 atom stereocenters. The van der Waals surface area contributed by atoms with E-state index in [4.69, 9.17) is 0 Å². The molecule has 86 valence electrons.